The van der Waals surface area contributed by atoms with Crippen LogP contribution in [0, 0.1) is 0 Å². The summed E-state index contributed by atoms with van der Waals surface area (Å²) >= 11 is 0. The highest BCUT2D eigenvalue weighted by molar-refractivity contribution is 6.04. The number of fused-ring (bicyclic) bond motifs is 1. The molecule has 3 rings (SSSR count). The second kappa shape index (κ2) is 8.86. The van der Waals surface area contributed by atoms with Crippen molar-refractivity contribution in [1.82, 2.24) is 4.90 Å². The SMILES string of the molecule is C=CCN(CC=C)C(=O)Cc1ccc(NC(=O)c2cc3ccccc3o2)cc1. The molecule has 0 atom stereocenters. The molecule has 0 spiro atoms. The zero-order valence-corrected chi connectivity index (χ0v) is 15.6. The van der Waals surface area contributed by atoms with E-state index in [1.165, 1.54) is 0 Å². The van der Waals surface area contributed by atoms with E-state index in [0.717, 1.165) is 10.9 Å². The van der Waals surface area contributed by atoms with Gasteiger partial charge in [-0.15, -0.1) is 13.2 Å². The van der Waals surface area contributed by atoms with Gasteiger partial charge in [-0.05, 0) is 29.8 Å². The molecule has 1 N–H and O–H groups in total. The number of para-hydroxylation sites is 1. The zero-order chi connectivity index (χ0) is 19.9. The molecule has 0 saturated heterocycles. The smallest absolute Gasteiger partial charge is 0.291 e. The summed E-state index contributed by atoms with van der Waals surface area (Å²) in [5.74, 6) is -0.0630. The number of furan rings is 1. The lowest BCUT2D eigenvalue weighted by molar-refractivity contribution is -0.129. The largest absolute Gasteiger partial charge is 0.451 e. The first-order valence-corrected chi connectivity index (χ1v) is 8.99. The van der Waals surface area contributed by atoms with Crippen LogP contribution in [0.25, 0.3) is 11.0 Å². The summed E-state index contributed by atoms with van der Waals surface area (Å²) in [6.07, 6.45) is 3.66. The molecule has 0 saturated carbocycles. The van der Waals surface area contributed by atoms with Crippen LogP contribution in [-0.2, 0) is 11.2 Å². The van der Waals surface area contributed by atoms with Crippen molar-refractivity contribution in [3.8, 4) is 0 Å². The van der Waals surface area contributed by atoms with E-state index >= 15 is 0 Å². The summed E-state index contributed by atoms with van der Waals surface area (Å²) in [6.45, 7) is 8.31. The Morgan fingerprint density at radius 1 is 1.00 bits per heavy atom. The third-order valence-corrected chi connectivity index (χ3v) is 4.27. The first kappa shape index (κ1) is 19.2. The zero-order valence-electron chi connectivity index (χ0n) is 15.6. The number of anilines is 1. The minimum absolute atomic E-state index is 0.00105. The molecule has 2 aromatic carbocycles. The highest BCUT2D eigenvalue weighted by atomic mass is 16.3. The standard InChI is InChI=1S/C23H22N2O3/c1-3-13-25(14-4-2)22(26)15-17-9-11-19(12-10-17)24-23(27)21-16-18-7-5-6-8-20(18)28-21/h3-12,16H,1-2,13-15H2,(H,24,27). The second-order valence-electron chi connectivity index (χ2n) is 6.35. The minimum Gasteiger partial charge on any atom is -0.451 e. The van der Waals surface area contributed by atoms with Crippen molar-refractivity contribution in [1.29, 1.82) is 0 Å². The predicted octanol–water partition coefficient (Wildman–Crippen LogP) is 4.43. The number of carbonyl (C=O) groups excluding carboxylic acids is 2. The Kier molecular flexibility index (Phi) is 6.07. The summed E-state index contributed by atoms with van der Waals surface area (Å²) in [6, 6.07) is 16.4. The topological polar surface area (TPSA) is 62.6 Å². The van der Waals surface area contributed by atoms with Crippen molar-refractivity contribution in [2.45, 2.75) is 6.42 Å². The van der Waals surface area contributed by atoms with Gasteiger partial charge in [0.15, 0.2) is 5.76 Å². The molecule has 3 aromatic rings. The van der Waals surface area contributed by atoms with Crippen molar-refractivity contribution in [2.24, 2.45) is 0 Å². The Morgan fingerprint density at radius 2 is 1.68 bits per heavy atom. The van der Waals surface area contributed by atoms with E-state index < -0.39 is 0 Å². The van der Waals surface area contributed by atoms with Crippen molar-refractivity contribution < 1.29 is 14.0 Å². The van der Waals surface area contributed by atoms with Crippen LogP contribution in [0.3, 0.4) is 0 Å². The molecule has 1 aromatic heterocycles. The molecule has 0 fully saturated rings. The van der Waals surface area contributed by atoms with Crippen LogP contribution < -0.4 is 5.32 Å². The quantitative estimate of drug-likeness (QED) is 0.594. The molecule has 0 bridgehead atoms. The number of hydrogen-bond acceptors (Lipinski definition) is 3. The Morgan fingerprint density at radius 3 is 2.32 bits per heavy atom. The van der Waals surface area contributed by atoms with Crippen LogP contribution in [0.4, 0.5) is 5.69 Å². The fourth-order valence-corrected chi connectivity index (χ4v) is 2.87. The van der Waals surface area contributed by atoms with Crippen molar-refractivity contribution in [3.63, 3.8) is 0 Å². The van der Waals surface area contributed by atoms with Crippen LogP contribution in [0.5, 0.6) is 0 Å². The Bertz CT molecular complexity index is 959. The lowest BCUT2D eigenvalue weighted by Gasteiger charge is -2.19. The maximum Gasteiger partial charge on any atom is 0.291 e. The average Bonchev–Trinajstić information content (AvgIpc) is 3.14. The van der Waals surface area contributed by atoms with Gasteiger partial charge in [0.1, 0.15) is 5.58 Å². The maximum absolute atomic E-state index is 12.4. The van der Waals surface area contributed by atoms with Crippen molar-refractivity contribution in [2.75, 3.05) is 18.4 Å². The Balaban J connectivity index is 1.63. The molecule has 5 heteroatoms. The van der Waals surface area contributed by atoms with Gasteiger partial charge in [-0.2, -0.15) is 0 Å². The maximum atomic E-state index is 12.4. The summed E-state index contributed by atoms with van der Waals surface area (Å²) in [7, 11) is 0. The van der Waals surface area contributed by atoms with Gasteiger partial charge < -0.3 is 14.6 Å². The van der Waals surface area contributed by atoms with Gasteiger partial charge in [-0.3, -0.25) is 9.59 Å². The van der Waals surface area contributed by atoms with E-state index in [4.69, 9.17) is 4.42 Å². The van der Waals surface area contributed by atoms with Crippen LogP contribution in [0.15, 0.2) is 84.3 Å². The molecule has 2 amide bonds. The lowest BCUT2D eigenvalue weighted by Crippen LogP contribution is -2.32. The monoisotopic (exact) mass is 374 g/mol. The summed E-state index contributed by atoms with van der Waals surface area (Å²) in [5.41, 5.74) is 2.17. The van der Waals surface area contributed by atoms with E-state index in [-0.39, 0.29) is 24.0 Å². The minimum atomic E-state index is -0.317. The van der Waals surface area contributed by atoms with Crippen LogP contribution in [0.1, 0.15) is 16.1 Å². The molecule has 0 radical (unpaired) electrons. The Labute approximate surface area is 164 Å². The molecular weight excluding hydrogens is 352 g/mol. The molecule has 0 unspecified atom stereocenters. The molecule has 0 aliphatic heterocycles. The van der Waals surface area contributed by atoms with Gasteiger partial charge in [-0.25, -0.2) is 0 Å². The highest BCUT2D eigenvalue weighted by Crippen LogP contribution is 2.20. The number of hydrogen-bond donors (Lipinski definition) is 1. The Hall–Kier alpha value is -3.60. The van der Waals surface area contributed by atoms with Crippen molar-refractivity contribution in [3.05, 3.63) is 91.2 Å². The number of amides is 2. The lowest BCUT2D eigenvalue weighted by atomic mass is 10.1. The first-order chi connectivity index (χ1) is 13.6. The van der Waals surface area contributed by atoms with E-state index in [1.54, 1.807) is 35.3 Å². The van der Waals surface area contributed by atoms with E-state index in [9.17, 15) is 9.59 Å². The van der Waals surface area contributed by atoms with Gasteiger partial charge in [-0.1, -0.05) is 42.5 Å². The third-order valence-electron chi connectivity index (χ3n) is 4.27. The number of nitrogens with one attached hydrogen (secondary N) is 1. The van der Waals surface area contributed by atoms with E-state index in [1.807, 2.05) is 36.4 Å². The van der Waals surface area contributed by atoms with Crippen LogP contribution in [0.2, 0.25) is 0 Å². The molecular formula is C23H22N2O3. The van der Waals surface area contributed by atoms with Gasteiger partial charge >= 0.3 is 0 Å². The fraction of sp³-hybridized carbons (Fsp3) is 0.130. The van der Waals surface area contributed by atoms with E-state index in [0.29, 0.717) is 24.4 Å². The molecule has 1 heterocycles. The molecule has 28 heavy (non-hydrogen) atoms. The predicted molar refractivity (Wildman–Crippen MR) is 111 cm³/mol. The van der Waals surface area contributed by atoms with E-state index in [2.05, 4.69) is 18.5 Å². The summed E-state index contributed by atoms with van der Waals surface area (Å²) < 4.78 is 5.57. The van der Waals surface area contributed by atoms with Crippen LogP contribution in [-0.4, -0.2) is 29.8 Å². The normalized spacial score (nSPS) is 10.4. The third kappa shape index (κ3) is 4.57. The molecule has 0 aliphatic rings. The molecule has 5 nitrogen and oxygen atoms in total. The fourth-order valence-electron chi connectivity index (χ4n) is 2.87. The summed E-state index contributed by atoms with van der Waals surface area (Å²) in [4.78, 5) is 26.4. The van der Waals surface area contributed by atoms with Crippen LogP contribution >= 0.6 is 0 Å². The number of carbonyl (C=O) groups is 2. The highest BCUT2D eigenvalue weighted by Gasteiger charge is 2.14. The van der Waals surface area contributed by atoms with Gasteiger partial charge in [0.2, 0.25) is 5.91 Å². The summed E-state index contributed by atoms with van der Waals surface area (Å²) in [5, 5.41) is 3.69. The number of benzene rings is 2. The van der Waals surface area contributed by atoms with Gasteiger partial charge in [0.25, 0.3) is 5.91 Å². The number of nitrogens with zero attached hydrogens (tertiary/aromatic N) is 1. The van der Waals surface area contributed by atoms with Gasteiger partial charge in [0.05, 0.1) is 6.42 Å². The molecule has 142 valence electrons. The first-order valence-electron chi connectivity index (χ1n) is 8.99. The number of rotatable bonds is 8. The molecule has 0 aliphatic carbocycles. The average molecular weight is 374 g/mol. The van der Waals surface area contributed by atoms with Gasteiger partial charge in [0, 0.05) is 24.2 Å². The van der Waals surface area contributed by atoms with Crippen molar-refractivity contribution >= 4 is 28.5 Å². The second-order valence-corrected chi connectivity index (χ2v) is 6.35.